The molecule has 6 heteroatoms. The summed E-state index contributed by atoms with van der Waals surface area (Å²) in [6, 6.07) is 3.32. The minimum absolute atomic E-state index is 0.0766. The first-order chi connectivity index (χ1) is 10.9. The Morgan fingerprint density at radius 1 is 1.22 bits per heavy atom. The molecular weight excluding hydrogens is 298 g/mol. The van der Waals surface area contributed by atoms with Crippen molar-refractivity contribution in [2.45, 2.75) is 26.9 Å². The van der Waals surface area contributed by atoms with Gasteiger partial charge in [0.2, 0.25) is 0 Å². The maximum atomic E-state index is 12.4. The van der Waals surface area contributed by atoms with Crippen molar-refractivity contribution in [1.82, 2.24) is 4.98 Å². The smallest absolute Gasteiger partial charge is 0.200 e. The van der Waals surface area contributed by atoms with Gasteiger partial charge in [0.25, 0.3) is 0 Å². The number of hydrogen-bond donors (Lipinski definition) is 1. The summed E-state index contributed by atoms with van der Waals surface area (Å²) in [4.78, 5) is 26.9. The molecule has 2 aromatic rings. The van der Waals surface area contributed by atoms with Crippen molar-refractivity contribution < 1.29 is 19.0 Å². The average molecular weight is 319 g/mol. The molecule has 0 saturated carbocycles. The number of benzene rings is 1. The zero-order valence-electron chi connectivity index (χ0n) is 13.8. The number of rotatable bonds is 7. The molecule has 0 unspecified atom stereocenters. The molecule has 23 heavy (non-hydrogen) atoms. The van der Waals surface area contributed by atoms with E-state index in [-0.39, 0.29) is 22.9 Å². The number of aromatic amines is 1. The van der Waals surface area contributed by atoms with Crippen LogP contribution < -0.4 is 14.9 Å². The van der Waals surface area contributed by atoms with Gasteiger partial charge in [-0.25, -0.2) is 0 Å². The molecule has 0 fully saturated rings. The molecule has 0 spiro atoms. The van der Waals surface area contributed by atoms with E-state index in [9.17, 15) is 9.59 Å². The molecule has 0 aliphatic rings. The van der Waals surface area contributed by atoms with Gasteiger partial charge in [0, 0.05) is 19.4 Å². The Balaban J connectivity index is 2.55. The van der Waals surface area contributed by atoms with Crippen LogP contribution in [0.2, 0.25) is 0 Å². The first kappa shape index (κ1) is 17.0. The Bertz CT molecular complexity index is 763. The van der Waals surface area contributed by atoms with Gasteiger partial charge in [0.1, 0.15) is 6.61 Å². The number of fused-ring (bicyclic) bond motifs is 1. The fourth-order valence-corrected chi connectivity index (χ4v) is 2.18. The third-order valence-electron chi connectivity index (χ3n) is 3.23. The van der Waals surface area contributed by atoms with E-state index in [1.54, 1.807) is 19.2 Å². The predicted molar refractivity (Wildman–Crippen MR) is 87.7 cm³/mol. The van der Waals surface area contributed by atoms with Crippen LogP contribution in [0.5, 0.6) is 11.5 Å². The molecule has 0 atom stereocenters. The number of methoxy groups -OCH3 is 1. The Morgan fingerprint density at radius 3 is 2.57 bits per heavy atom. The number of pyridine rings is 1. The lowest BCUT2D eigenvalue weighted by Crippen LogP contribution is -2.15. The van der Waals surface area contributed by atoms with Crippen molar-refractivity contribution in [3.8, 4) is 11.5 Å². The van der Waals surface area contributed by atoms with E-state index in [0.717, 1.165) is 0 Å². The third-order valence-corrected chi connectivity index (χ3v) is 3.23. The summed E-state index contributed by atoms with van der Waals surface area (Å²) in [5.74, 6) is 0.712. The molecule has 0 radical (unpaired) electrons. The van der Waals surface area contributed by atoms with Gasteiger partial charge in [0.05, 0.1) is 29.2 Å². The lowest BCUT2D eigenvalue weighted by atomic mass is 10.1. The topological polar surface area (TPSA) is 77.6 Å². The second-order valence-electron chi connectivity index (χ2n) is 5.44. The number of hydrogen-bond acceptors (Lipinski definition) is 5. The molecule has 0 aliphatic heterocycles. The quantitative estimate of drug-likeness (QED) is 0.627. The Morgan fingerprint density at radius 2 is 1.96 bits per heavy atom. The SMILES string of the molecule is COCCOc1cc2[nH]cc(C(C)=O)c(=O)c2cc1OC(C)C. The van der Waals surface area contributed by atoms with Crippen LogP contribution in [-0.4, -0.2) is 37.2 Å². The summed E-state index contributed by atoms with van der Waals surface area (Å²) in [5, 5.41) is 0.396. The predicted octanol–water partition coefficient (Wildman–Crippen LogP) is 2.54. The van der Waals surface area contributed by atoms with Crippen LogP contribution in [0.3, 0.4) is 0 Å². The highest BCUT2D eigenvalue weighted by molar-refractivity contribution is 5.97. The molecule has 1 N–H and O–H groups in total. The van der Waals surface area contributed by atoms with Gasteiger partial charge in [0.15, 0.2) is 22.7 Å². The number of aromatic nitrogens is 1. The van der Waals surface area contributed by atoms with Crippen molar-refractivity contribution in [3.63, 3.8) is 0 Å². The Labute approximate surface area is 134 Å². The summed E-state index contributed by atoms with van der Waals surface area (Å²) < 4.78 is 16.4. The zero-order chi connectivity index (χ0) is 17.0. The highest BCUT2D eigenvalue weighted by atomic mass is 16.5. The van der Waals surface area contributed by atoms with E-state index >= 15 is 0 Å². The minimum Gasteiger partial charge on any atom is -0.487 e. The van der Waals surface area contributed by atoms with Crippen LogP contribution in [0, 0.1) is 0 Å². The number of carbonyl (C=O) groups excluding carboxylic acids is 1. The van der Waals surface area contributed by atoms with E-state index in [1.165, 1.54) is 13.1 Å². The standard InChI is InChI=1S/C17H21NO5/c1-10(2)23-16-7-12-14(8-15(16)22-6-5-21-4)18-9-13(11(3)19)17(12)20/h7-10H,5-6H2,1-4H3,(H,18,20). The first-order valence-corrected chi connectivity index (χ1v) is 7.42. The average Bonchev–Trinajstić information content (AvgIpc) is 2.48. The van der Waals surface area contributed by atoms with Crippen molar-refractivity contribution in [2.75, 3.05) is 20.3 Å². The van der Waals surface area contributed by atoms with E-state index in [0.29, 0.717) is 35.6 Å². The van der Waals surface area contributed by atoms with Gasteiger partial charge >= 0.3 is 0 Å². The summed E-state index contributed by atoms with van der Waals surface area (Å²) in [7, 11) is 1.59. The number of carbonyl (C=O) groups is 1. The first-order valence-electron chi connectivity index (χ1n) is 7.42. The van der Waals surface area contributed by atoms with Crippen LogP contribution in [-0.2, 0) is 4.74 Å². The van der Waals surface area contributed by atoms with E-state index in [4.69, 9.17) is 14.2 Å². The van der Waals surface area contributed by atoms with Crippen LogP contribution in [0.15, 0.2) is 23.1 Å². The number of ether oxygens (including phenoxy) is 3. The highest BCUT2D eigenvalue weighted by Crippen LogP contribution is 2.31. The molecule has 1 aromatic carbocycles. The van der Waals surface area contributed by atoms with E-state index < -0.39 is 0 Å². The van der Waals surface area contributed by atoms with Gasteiger partial charge in [-0.15, -0.1) is 0 Å². The molecule has 124 valence electrons. The van der Waals surface area contributed by atoms with Gasteiger partial charge < -0.3 is 19.2 Å². The van der Waals surface area contributed by atoms with Gasteiger partial charge in [-0.1, -0.05) is 0 Å². The van der Waals surface area contributed by atoms with Crippen molar-refractivity contribution in [1.29, 1.82) is 0 Å². The molecule has 1 aromatic heterocycles. The van der Waals surface area contributed by atoms with Crippen molar-refractivity contribution in [3.05, 3.63) is 34.1 Å². The third kappa shape index (κ3) is 3.90. The molecule has 2 rings (SSSR count). The highest BCUT2D eigenvalue weighted by Gasteiger charge is 2.15. The number of H-pyrrole nitrogens is 1. The number of ketones is 1. The van der Waals surface area contributed by atoms with Crippen molar-refractivity contribution >= 4 is 16.7 Å². The van der Waals surface area contributed by atoms with E-state index in [2.05, 4.69) is 4.98 Å². The lowest BCUT2D eigenvalue weighted by Gasteiger charge is -2.16. The molecule has 0 saturated heterocycles. The molecule has 0 amide bonds. The normalized spacial score (nSPS) is 11.0. The van der Waals surface area contributed by atoms with Gasteiger partial charge in [-0.05, 0) is 26.8 Å². The molecule has 6 nitrogen and oxygen atoms in total. The van der Waals surface area contributed by atoms with Crippen LogP contribution in [0.4, 0.5) is 0 Å². The zero-order valence-corrected chi connectivity index (χ0v) is 13.8. The van der Waals surface area contributed by atoms with Crippen LogP contribution in [0.25, 0.3) is 10.9 Å². The molecule has 0 bridgehead atoms. The largest absolute Gasteiger partial charge is 0.487 e. The van der Waals surface area contributed by atoms with Gasteiger partial charge in [-0.2, -0.15) is 0 Å². The number of Topliss-reactive ketones (excluding diaryl/α,β-unsaturated/α-hetero) is 1. The van der Waals surface area contributed by atoms with Crippen LogP contribution >= 0.6 is 0 Å². The summed E-state index contributed by atoms with van der Waals surface area (Å²) in [5.41, 5.74) is 0.396. The Kier molecular flexibility index (Phi) is 5.39. The summed E-state index contributed by atoms with van der Waals surface area (Å²) >= 11 is 0. The molecule has 1 heterocycles. The maximum absolute atomic E-state index is 12.4. The second-order valence-corrected chi connectivity index (χ2v) is 5.44. The second kappa shape index (κ2) is 7.28. The Hall–Kier alpha value is -2.34. The van der Waals surface area contributed by atoms with Gasteiger partial charge in [-0.3, -0.25) is 9.59 Å². The summed E-state index contributed by atoms with van der Waals surface area (Å²) in [6.07, 6.45) is 1.35. The fourth-order valence-electron chi connectivity index (χ4n) is 2.18. The minimum atomic E-state index is -0.316. The monoisotopic (exact) mass is 319 g/mol. The van der Waals surface area contributed by atoms with Crippen molar-refractivity contribution in [2.24, 2.45) is 0 Å². The fraction of sp³-hybridized carbons (Fsp3) is 0.412. The summed E-state index contributed by atoms with van der Waals surface area (Å²) in [6.45, 7) is 5.95. The maximum Gasteiger partial charge on any atom is 0.200 e. The molecular formula is C17H21NO5. The van der Waals surface area contributed by atoms with E-state index in [1.807, 2.05) is 13.8 Å². The lowest BCUT2D eigenvalue weighted by molar-refractivity contribution is 0.101. The molecule has 0 aliphatic carbocycles. The van der Waals surface area contributed by atoms with Crippen LogP contribution in [0.1, 0.15) is 31.1 Å². The number of nitrogens with one attached hydrogen (secondary N) is 1.